The lowest BCUT2D eigenvalue weighted by atomic mass is 10.0. The predicted octanol–water partition coefficient (Wildman–Crippen LogP) is 2.69. The van der Waals surface area contributed by atoms with Crippen LogP contribution in [0, 0.1) is 0 Å². The van der Waals surface area contributed by atoms with Crippen molar-refractivity contribution in [2.75, 3.05) is 13.2 Å². The minimum atomic E-state index is -1.41. The lowest BCUT2D eigenvalue weighted by molar-refractivity contribution is -0.130. The summed E-state index contributed by atoms with van der Waals surface area (Å²) in [6.07, 6.45) is 2.43. The van der Waals surface area contributed by atoms with Gasteiger partial charge in [-0.2, -0.15) is 5.10 Å². The highest BCUT2D eigenvalue weighted by molar-refractivity contribution is 5.92. The van der Waals surface area contributed by atoms with Gasteiger partial charge in [-0.3, -0.25) is 9.59 Å². The molecule has 6 N–H and O–H groups in total. The molecule has 3 aromatic rings. The van der Waals surface area contributed by atoms with Gasteiger partial charge >= 0.3 is 6.09 Å². The molecule has 3 amide bonds. The normalized spacial score (nSPS) is 12.1. The number of rotatable bonds is 15. The zero-order valence-electron chi connectivity index (χ0n) is 24.2. The average Bonchev–Trinajstić information content (AvgIpc) is 3.02. The van der Waals surface area contributed by atoms with Gasteiger partial charge in [0.05, 0.1) is 19.4 Å². The van der Waals surface area contributed by atoms with Crippen LogP contribution >= 0.6 is 0 Å². The molecule has 0 aliphatic rings. The molecule has 0 fully saturated rings. The molecule has 0 saturated heterocycles. The van der Waals surface area contributed by atoms with Gasteiger partial charge in [-0.1, -0.05) is 48.5 Å². The zero-order chi connectivity index (χ0) is 31.9. The first-order valence-corrected chi connectivity index (χ1v) is 13.8. The molecule has 0 aromatic heterocycles. The molecule has 3 rings (SSSR count). The number of hydrazone groups is 1. The smallest absolute Gasteiger partial charge is 0.408 e. The van der Waals surface area contributed by atoms with Gasteiger partial charge in [0.15, 0.2) is 11.5 Å². The molecule has 0 bridgehead atoms. The Morgan fingerprint density at radius 2 is 1.68 bits per heavy atom. The largest absolute Gasteiger partial charge is 0.508 e. The van der Waals surface area contributed by atoms with Gasteiger partial charge in [-0.15, -0.1) is 6.58 Å². The summed E-state index contributed by atoms with van der Waals surface area (Å²) in [7, 11) is 0. The Morgan fingerprint density at radius 1 is 0.955 bits per heavy atom. The SMILES string of the molecule is C=CCc1cc(/C=N\NC(=O)[C@H](Cc2ccc(O)cc2)NC(=O)[C@H](CO)NC(=O)OCc2ccccc2)cc(OCC)c1O. The first-order chi connectivity index (χ1) is 21.2. The van der Waals surface area contributed by atoms with Crippen molar-refractivity contribution >= 4 is 24.1 Å². The minimum Gasteiger partial charge on any atom is -0.508 e. The molecular weight excluding hydrogens is 568 g/mol. The van der Waals surface area contributed by atoms with Crippen molar-refractivity contribution in [1.82, 2.24) is 16.1 Å². The van der Waals surface area contributed by atoms with Crippen LogP contribution in [0.15, 0.2) is 84.5 Å². The molecule has 2 atom stereocenters. The van der Waals surface area contributed by atoms with Crippen LogP contribution in [0.4, 0.5) is 4.79 Å². The Hall–Kier alpha value is -5.36. The standard InChI is InChI=1S/C32H36N4O8/c1-3-8-24-15-23(17-28(29(24)39)43-4-2)18-33-36-31(41)26(16-21-11-13-25(38)14-12-21)34-30(40)27(19-37)35-32(42)44-20-22-9-6-5-7-10-22/h3,5-7,9-15,17-18,26-27,37-39H,1,4,8,16,19-20H2,2H3,(H,34,40)(H,35,42)(H,36,41)/b33-18-/t26-,27-/m0/s1. The quantitative estimate of drug-likeness (QED) is 0.0871. The van der Waals surface area contributed by atoms with E-state index in [0.29, 0.717) is 29.7 Å². The molecule has 0 radical (unpaired) electrons. The van der Waals surface area contributed by atoms with Crippen molar-refractivity contribution < 1.29 is 39.2 Å². The highest BCUT2D eigenvalue weighted by Crippen LogP contribution is 2.32. The summed E-state index contributed by atoms with van der Waals surface area (Å²) in [6.45, 7) is 4.99. The Bertz CT molecular complexity index is 1440. The number of allylic oxidation sites excluding steroid dienone is 1. The van der Waals surface area contributed by atoms with Crippen LogP contribution < -0.4 is 20.8 Å². The molecule has 0 saturated carbocycles. The van der Waals surface area contributed by atoms with Crippen molar-refractivity contribution in [3.8, 4) is 17.2 Å². The van der Waals surface area contributed by atoms with Crippen molar-refractivity contribution in [2.24, 2.45) is 5.10 Å². The highest BCUT2D eigenvalue weighted by atomic mass is 16.5. The van der Waals surface area contributed by atoms with Gasteiger partial charge in [0, 0.05) is 12.0 Å². The maximum Gasteiger partial charge on any atom is 0.408 e. The molecule has 12 nitrogen and oxygen atoms in total. The second-order valence-corrected chi connectivity index (χ2v) is 9.56. The van der Waals surface area contributed by atoms with Crippen LogP contribution in [-0.4, -0.2) is 64.7 Å². The molecule has 0 unspecified atom stereocenters. The van der Waals surface area contributed by atoms with E-state index in [1.54, 1.807) is 61.5 Å². The van der Waals surface area contributed by atoms with E-state index in [1.807, 2.05) is 6.07 Å². The second-order valence-electron chi connectivity index (χ2n) is 9.56. The summed E-state index contributed by atoms with van der Waals surface area (Å²) in [6, 6.07) is 15.6. The number of aromatic hydroxyl groups is 2. The van der Waals surface area contributed by atoms with Crippen molar-refractivity contribution in [2.45, 2.75) is 38.5 Å². The fourth-order valence-corrected chi connectivity index (χ4v) is 4.04. The van der Waals surface area contributed by atoms with Crippen LogP contribution in [0.2, 0.25) is 0 Å². The number of nitrogens with zero attached hydrogens (tertiary/aromatic N) is 1. The molecule has 0 aliphatic heterocycles. The van der Waals surface area contributed by atoms with Crippen LogP contribution in [0.5, 0.6) is 17.2 Å². The number of hydrogen-bond donors (Lipinski definition) is 6. The Balaban J connectivity index is 1.71. The van der Waals surface area contributed by atoms with Gasteiger partial charge in [0.25, 0.3) is 5.91 Å². The van der Waals surface area contributed by atoms with E-state index >= 15 is 0 Å². The number of nitrogens with one attached hydrogen (secondary N) is 3. The molecular formula is C32H36N4O8. The maximum absolute atomic E-state index is 13.2. The molecule has 12 heteroatoms. The summed E-state index contributed by atoms with van der Waals surface area (Å²) in [4.78, 5) is 38.5. The van der Waals surface area contributed by atoms with E-state index < -0.39 is 36.6 Å². The van der Waals surface area contributed by atoms with E-state index in [9.17, 15) is 29.7 Å². The molecule has 3 aromatic carbocycles. The number of carbonyl (C=O) groups excluding carboxylic acids is 3. The molecule has 0 spiro atoms. The lowest BCUT2D eigenvalue weighted by Crippen LogP contribution is -2.55. The van der Waals surface area contributed by atoms with Crippen LogP contribution in [0.25, 0.3) is 0 Å². The summed E-state index contributed by atoms with van der Waals surface area (Å²) in [5.41, 5.74) is 4.82. The van der Waals surface area contributed by atoms with Crippen molar-refractivity contribution in [3.63, 3.8) is 0 Å². The van der Waals surface area contributed by atoms with Gasteiger partial charge < -0.3 is 35.4 Å². The van der Waals surface area contributed by atoms with Crippen LogP contribution in [-0.2, 0) is 33.8 Å². The number of phenolic OH excluding ortho intramolecular Hbond substituents is 2. The summed E-state index contributed by atoms with van der Waals surface area (Å²) < 4.78 is 10.6. The van der Waals surface area contributed by atoms with Gasteiger partial charge in [0.2, 0.25) is 5.91 Å². The number of ether oxygens (including phenoxy) is 2. The van der Waals surface area contributed by atoms with E-state index in [0.717, 1.165) is 5.56 Å². The summed E-state index contributed by atoms with van der Waals surface area (Å²) in [5.74, 6) is -1.26. The van der Waals surface area contributed by atoms with E-state index in [-0.39, 0.29) is 30.3 Å². The van der Waals surface area contributed by atoms with Crippen LogP contribution in [0.1, 0.15) is 29.2 Å². The first kappa shape index (κ1) is 33.1. The molecule has 232 valence electrons. The van der Waals surface area contributed by atoms with Gasteiger partial charge in [-0.25, -0.2) is 10.2 Å². The van der Waals surface area contributed by atoms with Crippen molar-refractivity contribution in [1.29, 1.82) is 0 Å². The zero-order valence-corrected chi connectivity index (χ0v) is 24.2. The fourth-order valence-electron chi connectivity index (χ4n) is 4.04. The average molecular weight is 605 g/mol. The number of alkyl carbamates (subject to hydrolysis) is 1. The molecule has 0 aliphatic carbocycles. The number of amides is 3. The monoisotopic (exact) mass is 604 g/mol. The third-order valence-corrected chi connectivity index (χ3v) is 6.24. The molecule has 44 heavy (non-hydrogen) atoms. The van der Waals surface area contributed by atoms with E-state index in [2.05, 4.69) is 27.7 Å². The minimum absolute atomic E-state index is 0.00115. The van der Waals surface area contributed by atoms with Gasteiger partial charge in [-0.05, 0) is 54.3 Å². The van der Waals surface area contributed by atoms with Crippen molar-refractivity contribution in [3.05, 3.63) is 102 Å². The predicted molar refractivity (Wildman–Crippen MR) is 163 cm³/mol. The third-order valence-electron chi connectivity index (χ3n) is 6.24. The number of hydrogen-bond acceptors (Lipinski definition) is 9. The second kappa shape index (κ2) is 16.9. The van der Waals surface area contributed by atoms with E-state index in [4.69, 9.17) is 9.47 Å². The topological polar surface area (TPSA) is 179 Å². The maximum atomic E-state index is 13.2. The Labute approximate surface area is 255 Å². The number of aliphatic hydroxyl groups is 1. The first-order valence-electron chi connectivity index (χ1n) is 13.8. The van der Waals surface area contributed by atoms with E-state index in [1.165, 1.54) is 18.3 Å². The summed E-state index contributed by atoms with van der Waals surface area (Å²) in [5, 5.41) is 38.7. The number of aliphatic hydroxyl groups excluding tert-OH is 1. The summed E-state index contributed by atoms with van der Waals surface area (Å²) >= 11 is 0. The van der Waals surface area contributed by atoms with Gasteiger partial charge in [0.1, 0.15) is 24.4 Å². The fraction of sp³-hybridized carbons (Fsp3) is 0.250. The number of benzene rings is 3. The number of carbonyl (C=O) groups is 3. The lowest BCUT2D eigenvalue weighted by Gasteiger charge is -2.21. The van der Waals surface area contributed by atoms with Crippen LogP contribution in [0.3, 0.4) is 0 Å². The Morgan fingerprint density at radius 3 is 2.34 bits per heavy atom. The molecule has 0 heterocycles. The Kier molecular flexibility index (Phi) is 12.8. The third kappa shape index (κ3) is 10.2. The number of phenols is 2. The highest BCUT2D eigenvalue weighted by Gasteiger charge is 2.27.